The van der Waals surface area contributed by atoms with E-state index in [4.69, 9.17) is 10.5 Å². The maximum Gasteiger partial charge on any atom is 0.242 e. The largest absolute Gasteiger partial charge is 0.397 e. The molecule has 2 rings (SSSR count). The summed E-state index contributed by atoms with van der Waals surface area (Å²) < 4.78 is 31.3. The van der Waals surface area contributed by atoms with Gasteiger partial charge >= 0.3 is 0 Å². The van der Waals surface area contributed by atoms with Crippen molar-refractivity contribution in [1.82, 2.24) is 4.31 Å². The first-order valence-electron chi connectivity index (χ1n) is 7.05. The smallest absolute Gasteiger partial charge is 0.242 e. The molecule has 0 aliphatic carbocycles. The predicted octanol–water partition coefficient (Wildman–Crippen LogP) is 1.13. The molecule has 1 unspecified atom stereocenters. The van der Waals surface area contributed by atoms with Crippen molar-refractivity contribution in [1.29, 1.82) is 0 Å². The fourth-order valence-corrected chi connectivity index (χ4v) is 3.28. The molecule has 1 aliphatic rings. The molecule has 0 amide bonds. The number of ether oxygens (including phenoxy) is 1. The molecule has 21 heavy (non-hydrogen) atoms. The molecule has 0 spiro atoms. The maximum absolute atomic E-state index is 12.2. The van der Waals surface area contributed by atoms with Crippen LogP contribution in [0.1, 0.15) is 13.3 Å². The van der Waals surface area contributed by atoms with Crippen LogP contribution in [-0.2, 0) is 14.8 Å². The predicted molar refractivity (Wildman–Crippen MR) is 84.0 cm³/mol. The van der Waals surface area contributed by atoms with Gasteiger partial charge in [-0.3, -0.25) is 0 Å². The summed E-state index contributed by atoms with van der Waals surface area (Å²) in [7, 11) is -0.412. The maximum atomic E-state index is 12.2. The number of rotatable bonds is 4. The van der Waals surface area contributed by atoms with Crippen LogP contribution in [0.5, 0.6) is 0 Å². The van der Waals surface area contributed by atoms with Crippen LogP contribution in [-0.4, -0.2) is 52.6 Å². The number of morpholine rings is 1. The minimum absolute atomic E-state index is 0.160. The fraction of sp³-hybridized carbons (Fsp3) is 0.571. The standard InChI is InChI=1S/C14H23N3O3S/c1-4-11-10-17(7-8-20-11)14-9-12(5-6-13(14)15)21(18,19)16(2)3/h5-6,9,11H,4,7-8,10,15H2,1-3H3. The minimum atomic E-state index is -3.45. The van der Waals surface area contributed by atoms with Crippen molar-refractivity contribution >= 4 is 21.4 Å². The van der Waals surface area contributed by atoms with Crippen LogP contribution >= 0.6 is 0 Å². The molecule has 1 aromatic carbocycles. The number of sulfonamides is 1. The first kappa shape index (κ1) is 16.1. The van der Waals surface area contributed by atoms with Crippen LogP contribution in [0.2, 0.25) is 0 Å². The number of nitrogens with two attached hydrogens (primary N) is 1. The first-order chi connectivity index (χ1) is 9.86. The zero-order valence-electron chi connectivity index (χ0n) is 12.7. The van der Waals surface area contributed by atoms with Crippen LogP contribution in [0, 0.1) is 0 Å². The lowest BCUT2D eigenvalue weighted by molar-refractivity contribution is 0.0385. The molecular formula is C14H23N3O3S. The number of anilines is 2. The van der Waals surface area contributed by atoms with E-state index < -0.39 is 10.0 Å². The van der Waals surface area contributed by atoms with Gasteiger partial charge in [-0.25, -0.2) is 12.7 Å². The third-order valence-electron chi connectivity index (χ3n) is 3.72. The van der Waals surface area contributed by atoms with Crippen molar-refractivity contribution in [3.8, 4) is 0 Å². The molecule has 1 aliphatic heterocycles. The number of benzene rings is 1. The molecule has 0 aromatic heterocycles. The monoisotopic (exact) mass is 313 g/mol. The van der Waals surface area contributed by atoms with Gasteiger partial charge in [0, 0.05) is 27.2 Å². The molecule has 1 atom stereocenters. The topological polar surface area (TPSA) is 75.9 Å². The highest BCUT2D eigenvalue weighted by molar-refractivity contribution is 7.89. The highest BCUT2D eigenvalue weighted by Crippen LogP contribution is 2.29. The van der Waals surface area contributed by atoms with Gasteiger partial charge < -0.3 is 15.4 Å². The second-order valence-electron chi connectivity index (χ2n) is 5.36. The summed E-state index contributed by atoms with van der Waals surface area (Å²) in [4.78, 5) is 2.36. The van der Waals surface area contributed by atoms with Crippen molar-refractivity contribution in [3.63, 3.8) is 0 Å². The minimum Gasteiger partial charge on any atom is -0.397 e. The van der Waals surface area contributed by atoms with Gasteiger partial charge in [0.1, 0.15) is 0 Å². The Kier molecular flexibility index (Phi) is 4.75. The second kappa shape index (κ2) is 6.21. The lowest BCUT2D eigenvalue weighted by atomic mass is 10.2. The molecule has 1 fully saturated rings. The number of nitrogens with zero attached hydrogens (tertiary/aromatic N) is 2. The lowest BCUT2D eigenvalue weighted by Crippen LogP contribution is -2.42. The van der Waals surface area contributed by atoms with Crippen LogP contribution < -0.4 is 10.6 Å². The molecule has 118 valence electrons. The Labute approximate surface area is 126 Å². The summed E-state index contributed by atoms with van der Waals surface area (Å²) in [5.41, 5.74) is 7.39. The summed E-state index contributed by atoms with van der Waals surface area (Å²) in [5, 5.41) is 0. The summed E-state index contributed by atoms with van der Waals surface area (Å²) >= 11 is 0. The zero-order chi connectivity index (χ0) is 15.6. The van der Waals surface area contributed by atoms with Crippen LogP contribution in [0.3, 0.4) is 0 Å². The Balaban J connectivity index is 2.36. The van der Waals surface area contributed by atoms with Gasteiger partial charge in [0.05, 0.1) is 29.0 Å². The van der Waals surface area contributed by atoms with E-state index in [1.54, 1.807) is 18.2 Å². The summed E-state index contributed by atoms with van der Waals surface area (Å²) in [6, 6.07) is 4.86. The van der Waals surface area contributed by atoms with E-state index in [9.17, 15) is 8.42 Å². The highest BCUT2D eigenvalue weighted by Gasteiger charge is 2.23. The number of hydrogen-bond donors (Lipinski definition) is 1. The first-order valence-corrected chi connectivity index (χ1v) is 8.49. The Morgan fingerprint density at radius 2 is 2.14 bits per heavy atom. The second-order valence-corrected chi connectivity index (χ2v) is 7.51. The van der Waals surface area contributed by atoms with Crippen LogP contribution in [0.25, 0.3) is 0 Å². The Hall–Kier alpha value is -1.31. The third kappa shape index (κ3) is 3.30. The van der Waals surface area contributed by atoms with E-state index in [1.807, 2.05) is 0 Å². The van der Waals surface area contributed by atoms with Crippen molar-refractivity contribution in [2.75, 3.05) is 44.4 Å². The Morgan fingerprint density at radius 1 is 1.43 bits per heavy atom. The van der Waals surface area contributed by atoms with Gasteiger partial charge in [0.15, 0.2) is 0 Å². The van der Waals surface area contributed by atoms with E-state index in [-0.39, 0.29) is 11.0 Å². The van der Waals surface area contributed by atoms with Crippen LogP contribution in [0.4, 0.5) is 11.4 Å². The molecule has 7 heteroatoms. The van der Waals surface area contributed by atoms with Gasteiger partial charge in [0.25, 0.3) is 0 Å². The molecule has 0 saturated carbocycles. The molecule has 6 nitrogen and oxygen atoms in total. The van der Waals surface area contributed by atoms with Gasteiger partial charge in [0.2, 0.25) is 10.0 Å². The van der Waals surface area contributed by atoms with Gasteiger partial charge in [-0.1, -0.05) is 6.92 Å². The highest BCUT2D eigenvalue weighted by atomic mass is 32.2. The molecule has 0 bridgehead atoms. The fourth-order valence-electron chi connectivity index (χ4n) is 2.35. The Bertz CT molecular complexity index is 601. The molecule has 1 aromatic rings. The summed E-state index contributed by atoms with van der Waals surface area (Å²) in [6.45, 7) is 4.14. The average Bonchev–Trinajstić information content (AvgIpc) is 2.47. The van der Waals surface area contributed by atoms with Crippen molar-refractivity contribution in [3.05, 3.63) is 18.2 Å². The van der Waals surface area contributed by atoms with E-state index in [1.165, 1.54) is 18.4 Å². The molecular weight excluding hydrogens is 290 g/mol. The van der Waals surface area contributed by atoms with E-state index in [0.29, 0.717) is 18.8 Å². The molecule has 1 saturated heterocycles. The van der Waals surface area contributed by atoms with Crippen molar-refractivity contribution < 1.29 is 13.2 Å². The summed E-state index contributed by atoms with van der Waals surface area (Å²) in [6.07, 6.45) is 1.08. The Morgan fingerprint density at radius 3 is 2.76 bits per heavy atom. The van der Waals surface area contributed by atoms with Gasteiger partial charge in [-0.2, -0.15) is 0 Å². The SMILES string of the molecule is CCC1CN(c2cc(S(=O)(=O)N(C)C)ccc2N)CCO1. The lowest BCUT2D eigenvalue weighted by Gasteiger charge is -2.35. The van der Waals surface area contributed by atoms with E-state index >= 15 is 0 Å². The van der Waals surface area contributed by atoms with Crippen molar-refractivity contribution in [2.24, 2.45) is 0 Å². The molecule has 0 radical (unpaired) electrons. The van der Waals surface area contributed by atoms with Crippen molar-refractivity contribution in [2.45, 2.75) is 24.3 Å². The number of hydrogen-bond acceptors (Lipinski definition) is 5. The third-order valence-corrected chi connectivity index (χ3v) is 5.53. The van der Waals surface area contributed by atoms with E-state index in [2.05, 4.69) is 11.8 Å². The molecule has 1 heterocycles. The number of nitrogen functional groups attached to an aromatic ring is 1. The molecule has 2 N–H and O–H groups in total. The average molecular weight is 313 g/mol. The zero-order valence-corrected chi connectivity index (χ0v) is 13.6. The normalized spacial score (nSPS) is 20.0. The van der Waals surface area contributed by atoms with E-state index in [0.717, 1.165) is 18.7 Å². The van der Waals surface area contributed by atoms with Gasteiger partial charge in [-0.05, 0) is 24.6 Å². The quantitative estimate of drug-likeness (QED) is 0.844. The summed E-state index contributed by atoms with van der Waals surface area (Å²) in [5.74, 6) is 0. The van der Waals surface area contributed by atoms with Gasteiger partial charge in [-0.15, -0.1) is 0 Å². The van der Waals surface area contributed by atoms with Crippen LogP contribution in [0.15, 0.2) is 23.1 Å².